The van der Waals surface area contributed by atoms with Crippen molar-refractivity contribution in [1.29, 1.82) is 0 Å². The van der Waals surface area contributed by atoms with Crippen LogP contribution in [-0.4, -0.2) is 34.7 Å². The summed E-state index contributed by atoms with van der Waals surface area (Å²) in [6, 6.07) is 3.34. The Morgan fingerprint density at radius 2 is 1.91 bits per heavy atom. The van der Waals surface area contributed by atoms with Gasteiger partial charge in [0.2, 0.25) is 0 Å². The predicted molar refractivity (Wildman–Crippen MR) is 69.0 cm³/mol. The van der Waals surface area contributed by atoms with E-state index in [2.05, 4.69) is 0 Å². The van der Waals surface area contributed by atoms with Gasteiger partial charge in [0.1, 0.15) is 12.6 Å². The molecule has 1 aromatic rings. The molecule has 0 aromatic heterocycles. The van der Waals surface area contributed by atoms with Gasteiger partial charge in [0.05, 0.1) is 5.56 Å². The van der Waals surface area contributed by atoms with Gasteiger partial charge in [-0.2, -0.15) is 13.2 Å². The molecule has 5 nitrogen and oxygen atoms in total. The van der Waals surface area contributed by atoms with E-state index in [1.807, 2.05) is 0 Å². The van der Waals surface area contributed by atoms with E-state index in [1.54, 1.807) is 0 Å². The molecule has 1 amide bonds. The SMILES string of the molecule is O=C(O)[C@@H]1CCCN1C(=O)OCc1ccc(C(F)(F)F)cc1. The van der Waals surface area contributed by atoms with Crippen LogP contribution in [0.25, 0.3) is 0 Å². The molecule has 0 radical (unpaired) electrons. The van der Waals surface area contributed by atoms with Crippen molar-refractivity contribution in [2.75, 3.05) is 6.54 Å². The van der Waals surface area contributed by atoms with Crippen molar-refractivity contribution in [1.82, 2.24) is 4.90 Å². The van der Waals surface area contributed by atoms with Crippen LogP contribution in [0, 0.1) is 0 Å². The van der Waals surface area contributed by atoms with E-state index in [0.717, 1.165) is 17.0 Å². The van der Waals surface area contributed by atoms with E-state index in [9.17, 15) is 22.8 Å². The number of carbonyl (C=O) groups is 2. The number of hydrogen-bond acceptors (Lipinski definition) is 3. The molecule has 0 bridgehead atoms. The molecule has 1 saturated heterocycles. The van der Waals surface area contributed by atoms with Gasteiger partial charge in [-0.05, 0) is 30.5 Å². The van der Waals surface area contributed by atoms with Crippen molar-refractivity contribution < 1.29 is 32.6 Å². The molecule has 8 heteroatoms. The zero-order valence-electron chi connectivity index (χ0n) is 11.5. The third-order valence-electron chi connectivity index (χ3n) is 3.42. The summed E-state index contributed by atoms with van der Waals surface area (Å²) in [5.74, 6) is -1.09. The molecular formula is C14H14F3NO4. The summed E-state index contributed by atoms with van der Waals surface area (Å²) >= 11 is 0. The lowest BCUT2D eigenvalue weighted by Crippen LogP contribution is -2.40. The average Bonchev–Trinajstić information content (AvgIpc) is 2.94. The largest absolute Gasteiger partial charge is 0.480 e. The van der Waals surface area contributed by atoms with Crippen LogP contribution < -0.4 is 0 Å². The van der Waals surface area contributed by atoms with Crippen molar-refractivity contribution in [3.05, 3.63) is 35.4 Å². The molecule has 1 heterocycles. The van der Waals surface area contributed by atoms with Gasteiger partial charge >= 0.3 is 18.2 Å². The number of benzene rings is 1. The number of rotatable bonds is 3. The normalized spacial score (nSPS) is 18.3. The third-order valence-corrected chi connectivity index (χ3v) is 3.42. The quantitative estimate of drug-likeness (QED) is 0.931. The van der Waals surface area contributed by atoms with Crippen LogP contribution in [0.15, 0.2) is 24.3 Å². The van der Waals surface area contributed by atoms with Crippen molar-refractivity contribution in [3.8, 4) is 0 Å². The molecule has 1 aromatic carbocycles. The molecule has 1 aliphatic rings. The Morgan fingerprint density at radius 3 is 2.45 bits per heavy atom. The van der Waals surface area contributed by atoms with Crippen molar-refractivity contribution in [3.63, 3.8) is 0 Å². The van der Waals surface area contributed by atoms with E-state index in [1.165, 1.54) is 12.1 Å². The van der Waals surface area contributed by atoms with Crippen molar-refractivity contribution in [2.45, 2.75) is 31.7 Å². The van der Waals surface area contributed by atoms with Crippen molar-refractivity contribution >= 4 is 12.1 Å². The highest BCUT2D eigenvalue weighted by atomic mass is 19.4. The van der Waals surface area contributed by atoms with E-state index < -0.39 is 29.8 Å². The van der Waals surface area contributed by atoms with Gasteiger partial charge in [-0.15, -0.1) is 0 Å². The first-order valence-corrected chi connectivity index (χ1v) is 6.61. The Morgan fingerprint density at radius 1 is 1.27 bits per heavy atom. The molecule has 1 fully saturated rings. The maximum absolute atomic E-state index is 12.4. The minimum absolute atomic E-state index is 0.209. The number of likely N-dealkylation sites (tertiary alicyclic amines) is 1. The Kier molecular flexibility index (Phi) is 4.58. The number of carboxylic acids is 1. The fourth-order valence-corrected chi connectivity index (χ4v) is 2.26. The Hall–Kier alpha value is -2.25. The van der Waals surface area contributed by atoms with Crippen LogP contribution in [-0.2, 0) is 22.3 Å². The van der Waals surface area contributed by atoms with Crippen LogP contribution in [0.3, 0.4) is 0 Å². The lowest BCUT2D eigenvalue weighted by Gasteiger charge is -2.20. The van der Waals surface area contributed by atoms with E-state index >= 15 is 0 Å². The first-order chi connectivity index (χ1) is 10.3. The summed E-state index contributed by atoms with van der Waals surface area (Å²) in [7, 11) is 0. The highest BCUT2D eigenvalue weighted by molar-refractivity contribution is 5.80. The van der Waals surface area contributed by atoms with Crippen LogP contribution >= 0.6 is 0 Å². The Bertz CT molecular complexity index is 556. The van der Waals surface area contributed by atoms with Gasteiger partial charge in [-0.1, -0.05) is 12.1 Å². The number of alkyl halides is 3. The molecule has 1 aliphatic heterocycles. The summed E-state index contributed by atoms with van der Waals surface area (Å²) in [6.45, 7) is 0.0859. The molecule has 2 rings (SSSR count). The molecule has 1 atom stereocenters. The number of ether oxygens (including phenoxy) is 1. The summed E-state index contributed by atoms with van der Waals surface area (Å²) in [6.07, 6.45) is -4.25. The van der Waals surface area contributed by atoms with Crippen molar-refractivity contribution in [2.24, 2.45) is 0 Å². The van der Waals surface area contributed by atoms with E-state index in [0.29, 0.717) is 24.9 Å². The smallest absolute Gasteiger partial charge is 0.416 e. The van der Waals surface area contributed by atoms with Crippen LogP contribution in [0.1, 0.15) is 24.0 Å². The number of halogens is 3. The number of aliphatic carboxylic acids is 1. The standard InChI is InChI=1S/C14H14F3NO4/c15-14(16,17)10-5-3-9(4-6-10)8-22-13(21)18-7-1-2-11(18)12(19)20/h3-6,11H,1-2,7-8H2,(H,19,20)/t11-/m0/s1. The van der Waals surface area contributed by atoms with Gasteiger partial charge in [-0.3, -0.25) is 4.90 Å². The summed E-state index contributed by atoms with van der Waals surface area (Å²) < 4.78 is 42.2. The van der Waals surface area contributed by atoms with Crippen LogP contribution in [0.2, 0.25) is 0 Å². The van der Waals surface area contributed by atoms with Gasteiger partial charge in [0.25, 0.3) is 0 Å². The number of carboxylic acid groups (broad SMARTS) is 1. The van der Waals surface area contributed by atoms with Gasteiger partial charge in [0.15, 0.2) is 0 Å². The molecule has 0 unspecified atom stereocenters. The zero-order chi connectivity index (χ0) is 16.3. The second kappa shape index (κ2) is 6.25. The van der Waals surface area contributed by atoms with Gasteiger partial charge in [0, 0.05) is 6.54 Å². The van der Waals surface area contributed by atoms with Gasteiger partial charge < -0.3 is 9.84 Å². The maximum Gasteiger partial charge on any atom is 0.416 e. The summed E-state index contributed by atoms with van der Waals surface area (Å²) in [5.41, 5.74) is -0.388. The first kappa shape index (κ1) is 16.1. The van der Waals surface area contributed by atoms with Crippen LogP contribution in [0.5, 0.6) is 0 Å². The lowest BCUT2D eigenvalue weighted by atomic mass is 10.1. The number of amides is 1. The minimum Gasteiger partial charge on any atom is -0.480 e. The molecular weight excluding hydrogens is 303 g/mol. The fraction of sp³-hybridized carbons (Fsp3) is 0.429. The van der Waals surface area contributed by atoms with Crippen LogP contribution in [0.4, 0.5) is 18.0 Å². The summed E-state index contributed by atoms with van der Waals surface area (Å²) in [4.78, 5) is 23.9. The summed E-state index contributed by atoms with van der Waals surface area (Å²) in [5, 5.41) is 8.97. The fourth-order valence-electron chi connectivity index (χ4n) is 2.26. The minimum atomic E-state index is -4.42. The van der Waals surface area contributed by atoms with E-state index in [-0.39, 0.29) is 6.61 Å². The molecule has 120 valence electrons. The van der Waals surface area contributed by atoms with E-state index in [4.69, 9.17) is 9.84 Å². The highest BCUT2D eigenvalue weighted by Gasteiger charge is 2.35. The molecule has 22 heavy (non-hydrogen) atoms. The first-order valence-electron chi connectivity index (χ1n) is 6.61. The lowest BCUT2D eigenvalue weighted by molar-refractivity contribution is -0.141. The Labute approximate surface area is 124 Å². The molecule has 0 aliphatic carbocycles. The maximum atomic E-state index is 12.4. The molecule has 1 N–H and O–H groups in total. The number of hydrogen-bond donors (Lipinski definition) is 1. The Balaban J connectivity index is 1.92. The van der Waals surface area contributed by atoms with Gasteiger partial charge in [-0.25, -0.2) is 9.59 Å². The number of carbonyl (C=O) groups excluding carboxylic acids is 1. The highest BCUT2D eigenvalue weighted by Crippen LogP contribution is 2.29. The third kappa shape index (κ3) is 3.69. The predicted octanol–water partition coefficient (Wildman–Crippen LogP) is 2.89. The average molecular weight is 317 g/mol. The molecule has 0 spiro atoms. The second-order valence-corrected chi connectivity index (χ2v) is 4.94. The second-order valence-electron chi connectivity index (χ2n) is 4.94. The monoisotopic (exact) mass is 317 g/mol. The molecule has 0 saturated carbocycles. The number of nitrogens with zero attached hydrogens (tertiary/aromatic N) is 1. The zero-order valence-corrected chi connectivity index (χ0v) is 11.5. The topological polar surface area (TPSA) is 66.8 Å².